The predicted molar refractivity (Wildman–Crippen MR) is 73.1 cm³/mol. The Bertz CT molecular complexity index is 444. The van der Waals surface area contributed by atoms with Crippen molar-refractivity contribution in [1.82, 2.24) is 4.90 Å². The number of hydrogen-bond acceptors (Lipinski definition) is 4. The van der Waals surface area contributed by atoms with Crippen LogP contribution in [0.5, 0.6) is 0 Å². The molecule has 1 saturated heterocycles. The van der Waals surface area contributed by atoms with Gasteiger partial charge < -0.3 is 20.1 Å². The zero-order chi connectivity index (χ0) is 14.0. The molecule has 5 nitrogen and oxygen atoms in total. The maximum absolute atomic E-state index is 12.4. The van der Waals surface area contributed by atoms with Crippen molar-refractivity contribution in [1.29, 1.82) is 0 Å². The topological polar surface area (TPSA) is 64.8 Å². The van der Waals surface area contributed by atoms with Crippen molar-refractivity contribution in [3.05, 3.63) is 29.3 Å². The van der Waals surface area contributed by atoms with Gasteiger partial charge in [0.15, 0.2) is 0 Å². The number of hydrogen-bond donors (Lipinski definition) is 1. The van der Waals surface area contributed by atoms with Crippen LogP contribution in [0.25, 0.3) is 0 Å². The van der Waals surface area contributed by atoms with Gasteiger partial charge in [-0.15, -0.1) is 0 Å². The molecule has 1 aliphatic rings. The number of nitrogens with zero attached hydrogens (tertiary/aromatic N) is 1. The Morgan fingerprint density at radius 2 is 1.79 bits per heavy atom. The summed E-state index contributed by atoms with van der Waals surface area (Å²) in [6.07, 6.45) is -0.146. The zero-order valence-corrected chi connectivity index (χ0v) is 11.6. The minimum atomic E-state index is -0.0730. The largest absolute Gasteiger partial charge is 0.399 e. The molecule has 1 fully saturated rings. The number of benzene rings is 1. The van der Waals surface area contributed by atoms with Crippen LogP contribution in [0.4, 0.5) is 5.69 Å². The number of carbonyl (C=O) groups excluding carboxylic acids is 1. The second-order valence-electron chi connectivity index (χ2n) is 4.89. The molecule has 1 aromatic carbocycles. The van der Waals surface area contributed by atoms with E-state index >= 15 is 0 Å². The van der Waals surface area contributed by atoms with E-state index < -0.39 is 0 Å². The number of ether oxygens (including phenoxy) is 2. The molecule has 0 bridgehead atoms. The number of likely N-dealkylation sites (tertiary alicyclic amines) is 1. The van der Waals surface area contributed by atoms with Gasteiger partial charge in [0.25, 0.3) is 5.91 Å². The lowest BCUT2D eigenvalue weighted by atomic mass is 10.1. The fourth-order valence-electron chi connectivity index (χ4n) is 2.48. The van der Waals surface area contributed by atoms with E-state index in [-0.39, 0.29) is 18.1 Å². The lowest BCUT2D eigenvalue weighted by Crippen LogP contribution is -2.30. The molecule has 19 heavy (non-hydrogen) atoms. The number of anilines is 1. The van der Waals surface area contributed by atoms with Crippen LogP contribution in [-0.2, 0) is 9.47 Å². The van der Waals surface area contributed by atoms with E-state index in [0.29, 0.717) is 24.3 Å². The van der Waals surface area contributed by atoms with Crippen molar-refractivity contribution >= 4 is 11.6 Å². The molecule has 1 amide bonds. The number of nitrogen functional groups attached to an aromatic ring is 1. The highest BCUT2D eigenvalue weighted by atomic mass is 16.5. The van der Waals surface area contributed by atoms with Crippen molar-refractivity contribution in [2.45, 2.75) is 19.1 Å². The van der Waals surface area contributed by atoms with Gasteiger partial charge in [-0.2, -0.15) is 0 Å². The van der Waals surface area contributed by atoms with Crippen LogP contribution in [0.1, 0.15) is 15.9 Å². The smallest absolute Gasteiger partial charge is 0.254 e. The van der Waals surface area contributed by atoms with Gasteiger partial charge in [-0.05, 0) is 30.7 Å². The van der Waals surface area contributed by atoms with Crippen LogP contribution in [0.3, 0.4) is 0 Å². The summed E-state index contributed by atoms with van der Waals surface area (Å²) in [6.45, 7) is 3.01. The molecule has 2 N–H and O–H groups in total. The molecule has 1 aromatic rings. The van der Waals surface area contributed by atoms with Gasteiger partial charge in [-0.1, -0.05) is 0 Å². The first-order valence-corrected chi connectivity index (χ1v) is 6.27. The van der Waals surface area contributed by atoms with Gasteiger partial charge in [0.05, 0.1) is 0 Å². The summed E-state index contributed by atoms with van der Waals surface area (Å²) in [4.78, 5) is 14.2. The first-order valence-electron chi connectivity index (χ1n) is 6.27. The van der Waals surface area contributed by atoms with Crippen LogP contribution in [-0.4, -0.2) is 50.3 Å². The van der Waals surface area contributed by atoms with E-state index in [1.165, 1.54) is 0 Å². The third-order valence-electron chi connectivity index (χ3n) is 3.45. The second-order valence-corrected chi connectivity index (χ2v) is 4.89. The summed E-state index contributed by atoms with van der Waals surface area (Å²) in [5.41, 5.74) is 7.98. The van der Waals surface area contributed by atoms with Crippen LogP contribution in [0, 0.1) is 6.92 Å². The maximum atomic E-state index is 12.4. The number of carbonyl (C=O) groups is 1. The summed E-state index contributed by atoms with van der Waals surface area (Å²) in [6, 6.07) is 5.40. The first-order chi connectivity index (χ1) is 9.05. The number of methoxy groups -OCH3 is 2. The quantitative estimate of drug-likeness (QED) is 0.829. The van der Waals surface area contributed by atoms with Gasteiger partial charge in [-0.3, -0.25) is 4.79 Å². The predicted octanol–water partition coefficient (Wildman–Crippen LogP) is 1.06. The van der Waals surface area contributed by atoms with Gasteiger partial charge in [0, 0.05) is 38.6 Å². The van der Waals surface area contributed by atoms with Crippen molar-refractivity contribution in [2.75, 3.05) is 33.0 Å². The second kappa shape index (κ2) is 5.59. The molecule has 1 heterocycles. The van der Waals surface area contributed by atoms with E-state index in [1.54, 1.807) is 25.2 Å². The molecule has 2 unspecified atom stereocenters. The Kier molecular flexibility index (Phi) is 4.07. The minimum absolute atomic E-state index is 0.0306. The van der Waals surface area contributed by atoms with Gasteiger partial charge in [0.2, 0.25) is 0 Å². The van der Waals surface area contributed by atoms with E-state index in [2.05, 4.69) is 0 Å². The minimum Gasteiger partial charge on any atom is -0.399 e. The van der Waals surface area contributed by atoms with Gasteiger partial charge in [0.1, 0.15) is 12.2 Å². The molecule has 2 rings (SSSR count). The molecule has 5 heteroatoms. The van der Waals surface area contributed by atoms with Crippen molar-refractivity contribution < 1.29 is 14.3 Å². The lowest BCUT2D eigenvalue weighted by molar-refractivity contribution is -0.00461. The van der Waals surface area contributed by atoms with Crippen LogP contribution in [0.2, 0.25) is 0 Å². The molecule has 2 atom stereocenters. The van der Waals surface area contributed by atoms with E-state index in [9.17, 15) is 4.79 Å². The van der Waals surface area contributed by atoms with Crippen molar-refractivity contribution in [3.63, 3.8) is 0 Å². The highest BCUT2D eigenvalue weighted by Gasteiger charge is 2.35. The van der Waals surface area contributed by atoms with E-state index in [1.807, 2.05) is 19.1 Å². The SMILES string of the molecule is COC1CN(C(=O)c2cc(C)cc(N)c2)CC1OC. The Morgan fingerprint density at radius 1 is 1.21 bits per heavy atom. The van der Waals surface area contributed by atoms with E-state index in [0.717, 1.165) is 5.56 Å². The molecular formula is C14H20N2O3. The molecule has 104 valence electrons. The highest BCUT2D eigenvalue weighted by Crippen LogP contribution is 2.20. The lowest BCUT2D eigenvalue weighted by Gasteiger charge is -2.16. The van der Waals surface area contributed by atoms with Crippen LogP contribution >= 0.6 is 0 Å². The fraction of sp³-hybridized carbons (Fsp3) is 0.500. The number of rotatable bonds is 3. The van der Waals surface area contributed by atoms with Crippen molar-refractivity contribution in [3.8, 4) is 0 Å². The molecule has 0 aromatic heterocycles. The average molecular weight is 264 g/mol. The Labute approximate surface area is 113 Å². The molecule has 0 spiro atoms. The van der Waals surface area contributed by atoms with Crippen LogP contribution in [0.15, 0.2) is 18.2 Å². The molecule has 0 radical (unpaired) electrons. The summed E-state index contributed by atoms with van der Waals surface area (Å²) >= 11 is 0. The zero-order valence-electron chi connectivity index (χ0n) is 11.6. The average Bonchev–Trinajstić information content (AvgIpc) is 2.79. The van der Waals surface area contributed by atoms with Gasteiger partial charge in [-0.25, -0.2) is 0 Å². The standard InChI is InChI=1S/C14H20N2O3/c1-9-4-10(6-11(15)5-9)14(17)16-7-12(18-2)13(8-16)19-3/h4-6,12-13H,7-8,15H2,1-3H3. The van der Waals surface area contributed by atoms with Gasteiger partial charge >= 0.3 is 0 Å². The highest BCUT2D eigenvalue weighted by molar-refractivity contribution is 5.95. The maximum Gasteiger partial charge on any atom is 0.254 e. The first kappa shape index (κ1) is 13.8. The summed E-state index contributed by atoms with van der Waals surface area (Å²) in [5, 5.41) is 0. The fourth-order valence-corrected chi connectivity index (χ4v) is 2.48. The number of nitrogens with two attached hydrogens (primary N) is 1. The Hall–Kier alpha value is -1.59. The van der Waals surface area contributed by atoms with E-state index in [4.69, 9.17) is 15.2 Å². The number of aryl methyl sites for hydroxylation is 1. The normalized spacial score (nSPS) is 22.8. The third-order valence-corrected chi connectivity index (χ3v) is 3.45. The monoisotopic (exact) mass is 264 g/mol. The molecule has 1 aliphatic heterocycles. The Balaban J connectivity index is 2.16. The molecular weight excluding hydrogens is 244 g/mol. The summed E-state index contributed by atoms with van der Waals surface area (Å²) < 4.78 is 10.7. The van der Waals surface area contributed by atoms with Crippen molar-refractivity contribution in [2.24, 2.45) is 0 Å². The number of amides is 1. The Morgan fingerprint density at radius 3 is 2.26 bits per heavy atom. The van der Waals surface area contributed by atoms with Crippen LogP contribution < -0.4 is 5.73 Å². The summed E-state index contributed by atoms with van der Waals surface area (Å²) in [5.74, 6) is -0.0306. The third kappa shape index (κ3) is 2.88. The summed E-state index contributed by atoms with van der Waals surface area (Å²) in [7, 11) is 3.27. The molecule has 0 saturated carbocycles. The molecule has 0 aliphatic carbocycles.